The van der Waals surface area contributed by atoms with Crippen LogP contribution < -0.4 is 21.7 Å². The van der Waals surface area contributed by atoms with Gasteiger partial charge in [-0.2, -0.15) is 17.0 Å². The molecule has 0 saturated carbocycles. The molecule has 114 valence electrons. The molecule has 1 rings (SSSR count). The molecule has 0 aliphatic heterocycles. The predicted molar refractivity (Wildman–Crippen MR) is 88.5 cm³/mol. The summed E-state index contributed by atoms with van der Waals surface area (Å²) in [6.45, 7) is 3.37. The number of nitrogens with one attached hydrogen (secondary N) is 4. The summed E-state index contributed by atoms with van der Waals surface area (Å²) < 4.78 is 0. The maximum Gasteiger partial charge on any atom is 0.209 e. The molecule has 10 heteroatoms. The van der Waals surface area contributed by atoms with Crippen LogP contribution in [-0.4, -0.2) is 35.7 Å². The quantitative estimate of drug-likeness (QED) is 0.215. The highest BCUT2D eigenvalue weighted by Gasteiger charge is 2.03. The molecular weight excluding hydrogens is 308 g/mol. The summed E-state index contributed by atoms with van der Waals surface area (Å²) in [4.78, 5) is 7.95. The van der Waals surface area contributed by atoms with Crippen LogP contribution >= 0.6 is 23.1 Å². The van der Waals surface area contributed by atoms with E-state index in [4.69, 9.17) is 16.4 Å². The molecule has 0 spiro atoms. The van der Waals surface area contributed by atoms with Gasteiger partial charge in [-0.3, -0.25) is 5.41 Å². The lowest BCUT2D eigenvalue weighted by Crippen LogP contribution is -2.38. The van der Waals surface area contributed by atoms with Gasteiger partial charge in [0, 0.05) is 30.0 Å². The fraction of sp³-hybridized carbons (Fsp3) is 0.455. The zero-order chi connectivity index (χ0) is 15.5. The van der Waals surface area contributed by atoms with E-state index in [9.17, 15) is 0 Å². The van der Waals surface area contributed by atoms with E-state index in [-0.39, 0.29) is 5.96 Å². The van der Waals surface area contributed by atoms with Gasteiger partial charge in [-0.15, -0.1) is 16.3 Å². The summed E-state index contributed by atoms with van der Waals surface area (Å²) in [6, 6.07) is 0. The average molecular weight is 326 g/mol. The minimum Gasteiger partial charge on any atom is -0.370 e. The van der Waals surface area contributed by atoms with Crippen molar-refractivity contribution in [1.29, 1.82) is 10.7 Å². The number of nitrogens with two attached hydrogens (primary N) is 1. The second-order valence-corrected chi connectivity index (χ2v) is 5.72. The molecule has 0 saturated heterocycles. The minimum atomic E-state index is -0.111. The first kappa shape index (κ1) is 17.1. The fourth-order valence-corrected chi connectivity index (χ4v) is 2.90. The lowest BCUT2D eigenvalue weighted by Gasteiger charge is -2.08. The van der Waals surface area contributed by atoms with Crippen molar-refractivity contribution in [3.05, 3.63) is 11.1 Å². The summed E-state index contributed by atoms with van der Waals surface area (Å²) in [5, 5.41) is 26.9. The molecule has 8 nitrogen and oxygen atoms in total. The number of nitrogens with zero attached hydrogens (tertiary/aromatic N) is 3. The van der Waals surface area contributed by atoms with Crippen molar-refractivity contribution in [1.82, 2.24) is 15.6 Å². The number of aliphatic imine (C=N–C) groups is 1. The number of anilines is 1. The number of hydrogen-bond donors (Lipinski definition) is 5. The Morgan fingerprint density at radius 1 is 1.62 bits per heavy atom. The Morgan fingerprint density at radius 3 is 3.10 bits per heavy atom. The van der Waals surface area contributed by atoms with E-state index >= 15 is 0 Å². The highest BCUT2D eigenvalue weighted by Crippen LogP contribution is 2.18. The van der Waals surface area contributed by atoms with Gasteiger partial charge >= 0.3 is 0 Å². The maximum atomic E-state index is 8.52. The van der Waals surface area contributed by atoms with Crippen LogP contribution in [0.25, 0.3) is 0 Å². The molecule has 1 aromatic heterocycles. The Balaban J connectivity index is 2.22. The molecule has 21 heavy (non-hydrogen) atoms. The van der Waals surface area contributed by atoms with Crippen molar-refractivity contribution < 1.29 is 0 Å². The van der Waals surface area contributed by atoms with Crippen LogP contribution in [0.5, 0.6) is 0 Å². The van der Waals surface area contributed by atoms with Crippen molar-refractivity contribution in [2.24, 2.45) is 10.7 Å². The second kappa shape index (κ2) is 9.84. The van der Waals surface area contributed by atoms with Crippen LogP contribution in [0.3, 0.4) is 0 Å². The van der Waals surface area contributed by atoms with Gasteiger partial charge in [-0.05, 0) is 6.92 Å². The smallest absolute Gasteiger partial charge is 0.209 e. The van der Waals surface area contributed by atoms with Crippen LogP contribution in [0.15, 0.2) is 10.4 Å². The molecule has 0 bridgehead atoms. The summed E-state index contributed by atoms with van der Waals surface area (Å²) >= 11 is 3.14. The molecule has 1 heterocycles. The lowest BCUT2D eigenvalue weighted by molar-refractivity contribution is 0.864. The first-order valence-corrected chi connectivity index (χ1v) is 8.26. The molecule has 6 N–H and O–H groups in total. The summed E-state index contributed by atoms with van der Waals surface area (Å²) in [5.41, 5.74) is 6.19. The van der Waals surface area contributed by atoms with Crippen LogP contribution in [0.1, 0.15) is 12.6 Å². The minimum absolute atomic E-state index is 0.111. The molecule has 0 fully saturated rings. The van der Waals surface area contributed by atoms with E-state index in [1.807, 2.05) is 12.3 Å². The van der Waals surface area contributed by atoms with Gasteiger partial charge in [0.25, 0.3) is 0 Å². The SMILES string of the molecule is CCN/C(=N/C#N)NCCSCc1csc(NC(=N)N)n1. The van der Waals surface area contributed by atoms with Crippen LogP contribution in [-0.2, 0) is 5.75 Å². The zero-order valence-corrected chi connectivity index (χ0v) is 13.3. The molecular formula is C11H18N8S2. The average Bonchev–Trinajstić information content (AvgIpc) is 2.85. The monoisotopic (exact) mass is 326 g/mol. The second-order valence-electron chi connectivity index (χ2n) is 3.75. The first-order chi connectivity index (χ1) is 10.2. The summed E-state index contributed by atoms with van der Waals surface area (Å²) in [7, 11) is 0. The van der Waals surface area contributed by atoms with Crippen molar-refractivity contribution >= 4 is 40.1 Å². The van der Waals surface area contributed by atoms with Crippen LogP contribution in [0, 0.1) is 16.9 Å². The third-order valence-corrected chi connectivity index (χ3v) is 3.89. The number of guanidine groups is 2. The number of hydrogen-bond acceptors (Lipinski definition) is 6. The van der Waals surface area contributed by atoms with Gasteiger partial charge in [0.2, 0.25) is 12.2 Å². The lowest BCUT2D eigenvalue weighted by atomic mass is 10.6. The highest BCUT2D eigenvalue weighted by molar-refractivity contribution is 7.98. The molecule has 0 amide bonds. The Labute approximate surface area is 131 Å². The normalized spacial score (nSPS) is 10.8. The van der Waals surface area contributed by atoms with E-state index in [2.05, 4.69) is 25.9 Å². The number of thiazole rings is 1. The van der Waals surface area contributed by atoms with Crippen LogP contribution in [0.2, 0.25) is 0 Å². The van der Waals surface area contributed by atoms with Crippen molar-refractivity contribution in [2.45, 2.75) is 12.7 Å². The molecule has 0 radical (unpaired) electrons. The fourth-order valence-electron chi connectivity index (χ4n) is 1.32. The molecule has 0 atom stereocenters. The number of thioether (sulfide) groups is 1. The van der Waals surface area contributed by atoms with Gasteiger partial charge in [0.05, 0.1) is 5.69 Å². The van der Waals surface area contributed by atoms with Crippen molar-refractivity contribution in [2.75, 3.05) is 24.2 Å². The summed E-state index contributed by atoms with van der Waals surface area (Å²) in [5.74, 6) is 2.04. The van der Waals surface area contributed by atoms with Gasteiger partial charge in [-0.1, -0.05) is 0 Å². The predicted octanol–water partition coefficient (Wildman–Crippen LogP) is 0.718. The Bertz CT molecular complexity index is 519. The van der Waals surface area contributed by atoms with E-state index in [1.165, 1.54) is 11.3 Å². The van der Waals surface area contributed by atoms with E-state index in [0.29, 0.717) is 24.2 Å². The number of rotatable bonds is 7. The van der Waals surface area contributed by atoms with Gasteiger partial charge in [0.15, 0.2) is 11.1 Å². The van der Waals surface area contributed by atoms with Gasteiger partial charge < -0.3 is 21.7 Å². The molecule has 0 aliphatic carbocycles. The molecule has 0 aromatic carbocycles. The Kier molecular flexibility index (Phi) is 8.00. The molecule has 1 aromatic rings. The van der Waals surface area contributed by atoms with Gasteiger partial charge in [0.1, 0.15) is 0 Å². The zero-order valence-electron chi connectivity index (χ0n) is 11.6. The van der Waals surface area contributed by atoms with Crippen molar-refractivity contribution in [3.8, 4) is 6.19 Å². The third kappa shape index (κ3) is 7.38. The maximum absolute atomic E-state index is 8.52. The summed E-state index contributed by atoms with van der Waals surface area (Å²) in [6.07, 6.45) is 1.75. The third-order valence-electron chi connectivity index (χ3n) is 2.09. The highest BCUT2D eigenvalue weighted by atomic mass is 32.2. The van der Waals surface area contributed by atoms with E-state index in [1.54, 1.807) is 18.0 Å². The molecule has 0 aliphatic rings. The largest absolute Gasteiger partial charge is 0.370 e. The van der Waals surface area contributed by atoms with E-state index in [0.717, 1.165) is 17.2 Å². The first-order valence-electron chi connectivity index (χ1n) is 6.23. The topological polar surface area (TPSA) is 135 Å². The van der Waals surface area contributed by atoms with Crippen molar-refractivity contribution in [3.63, 3.8) is 0 Å². The number of nitriles is 1. The van der Waals surface area contributed by atoms with Crippen LogP contribution in [0.4, 0.5) is 5.13 Å². The Hall–Kier alpha value is -1.99. The Morgan fingerprint density at radius 2 is 2.43 bits per heavy atom. The standard InChI is InChI=1S/C11H18N8S2/c1-2-15-10(17-7-12)16-3-4-20-5-8-6-21-11(18-8)19-9(13)14/h6H,2-5H2,1H3,(H2,15,16,17)(H4,13,14,18,19). The van der Waals surface area contributed by atoms with Gasteiger partial charge in [-0.25, -0.2) is 4.98 Å². The number of aromatic nitrogens is 1. The van der Waals surface area contributed by atoms with E-state index < -0.39 is 0 Å². The molecule has 0 unspecified atom stereocenters.